The Morgan fingerprint density at radius 1 is 1.23 bits per heavy atom. The molecule has 2 aromatic carbocycles. The van der Waals surface area contributed by atoms with Gasteiger partial charge in [-0.05, 0) is 31.2 Å². The molecule has 0 bridgehead atoms. The van der Waals surface area contributed by atoms with Crippen molar-refractivity contribution in [3.8, 4) is 11.5 Å². The highest BCUT2D eigenvalue weighted by atomic mass is 16.7. The van der Waals surface area contributed by atoms with Crippen LogP contribution in [0.15, 0.2) is 36.4 Å². The third kappa shape index (κ3) is 3.56. The number of hydrogen-bond acceptors (Lipinski definition) is 7. The normalized spacial score (nSPS) is 11.7. The zero-order valence-corrected chi connectivity index (χ0v) is 13.7. The molecule has 9 heteroatoms. The van der Waals surface area contributed by atoms with Crippen LogP contribution >= 0.6 is 0 Å². The van der Waals surface area contributed by atoms with Crippen molar-refractivity contribution < 1.29 is 28.7 Å². The van der Waals surface area contributed by atoms with Crippen LogP contribution in [0.3, 0.4) is 0 Å². The Bertz CT molecular complexity index is 895. The van der Waals surface area contributed by atoms with Crippen LogP contribution in [0.1, 0.15) is 15.9 Å². The number of hydrogen-bond donors (Lipinski definition) is 1. The minimum Gasteiger partial charge on any atom is -0.454 e. The van der Waals surface area contributed by atoms with Gasteiger partial charge in [0.05, 0.1) is 21.7 Å². The fraction of sp³-hybridized carbons (Fsp3) is 0.176. The van der Waals surface area contributed by atoms with Crippen molar-refractivity contribution in [1.82, 2.24) is 0 Å². The maximum Gasteiger partial charge on any atom is 0.338 e. The van der Waals surface area contributed by atoms with Crippen molar-refractivity contribution in [2.24, 2.45) is 0 Å². The molecule has 1 N–H and O–H groups in total. The number of carbonyl (C=O) groups is 2. The summed E-state index contributed by atoms with van der Waals surface area (Å²) in [7, 11) is 0. The summed E-state index contributed by atoms with van der Waals surface area (Å²) in [6.07, 6.45) is 0. The highest BCUT2D eigenvalue weighted by Crippen LogP contribution is 2.32. The van der Waals surface area contributed by atoms with Gasteiger partial charge in [0.2, 0.25) is 6.79 Å². The van der Waals surface area contributed by atoms with Gasteiger partial charge < -0.3 is 19.5 Å². The maximum absolute atomic E-state index is 12.0. The van der Waals surface area contributed by atoms with Crippen molar-refractivity contribution in [2.45, 2.75) is 6.92 Å². The lowest BCUT2D eigenvalue weighted by atomic mass is 10.1. The molecular formula is C17H14N2O7. The van der Waals surface area contributed by atoms with Crippen LogP contribution < -0.4 is 14.8 Å². The predicted octanol–water partition coefficient (Wildman–Crippen LogP) is 2.43. The molecule has 0 aromatic heterocycles. The number of nitro benzene ring substituents is 1. The maximum atomic E-state index is 12.0. The molecule has 26 heavy (non-hydrogen) atoms. The standard InChI is InChI=1S/C17H14N2O7/c1-10-12(3-2-4-13(10)19(22)23)18-16(20)8-24-17(21)11-5-6-14-15(7-11)26-9-25-14/h2-7H,8-9H2,1H3,(H,18,20). The number of nitrogens with one attached hydrogen (secondary N) is 1. The summed E-state index contributed by atoms with van der Waals surface area (Å²) in [5.74, 6) is -0.353. The molecule has 0 aliphatic carbocycles. The Morgan fingerprint density at radius 3 is 2.77 bits per heavy atom. The van der Waals surface area contributed by atoms with E-state index in [2.05, 4.69) is 5.32 Å². The highest BCUT2D eigenvalue weighted by molar-refractivity contribution is 5.96. The van der Waals surface area contributed by atoms with Gasteiger partial charge in [-0.15, -0.1) is 0 Å². The van der Waals surface area contributed by atoms with E-state index in [0.717, 1.165) is 0 Å². The van der Waals surface area contributed by atoms with Gasteiger partial charge in [0, 0.05) is 6.07 Å². The second-order valence-electron chi connectivity index (χ2n) is 5.40. The number of nitrogens with zero attached hydrogens (tertiary/aromatic N) is 1. The summed E-state index contributed by atoms with van der Waals surface area (Å²) >= 11 is 0. The van der Waals surface area contributed by atoms with Crippen LogP contribution in [0, 0.1) is 17.0 Å². The molecule has 0 atom stereocenters. The van der Waals surface area contributed by atoms with Crippen LogP contribution in [0.25, 0.3) is 0 Å². The predicted molar refractivity (Wildman–Crippen MR) is 89.3 cm³/mol. The third-order valence-electron chi connectivity index (χ3n) is 3.72. The van der Waals surface area contributed by atoms with Gasteiger partial charge in [0.1, 0.15) is 0 Å². The first-order valence-corrected chi connectivity index (χ1v) is 7.56. The molecule has 1 aliphatic rings. The van der Waals surface area contributed by atoms with Crippen molar-refractivity contribution in [1.29, 1.82) is 0 Å². The molecule has 1 aliphatic heterocycles. The molecule has 0 saturated heterocycles. The van der Waals surface area contributed by atoms with Crippen molar-refractivity contribution >= 4 is 23.3 Å². The molecule has 0 spiro atoms. The van der Waals surface area contributed by atoms with Crippen LogP contribution in [0.4, 0.5) is 11.4 Å². The van der Waals surface area contributed by atoms with E-state index in [0.29, 0.717) is 17.1 Å². The quantitative estimate of drug-likeness (QED) is 0.495. The summed E-state index contributed by atoms with van der Waals surface area (Å²) in [6, 6.07) is 8.86. The fourth-order valence-corrected chi connectivity index (χ4v) is 2.38. The van der Waals surface area contributed by atoms with Gasteiger partial charge in [-0.25, -0.2) is 4.79 Å². The Kier molecular flexibility index (Phi) is 4.70. The number of nitro groups is 1. The van der Waals surface area contributed by atoms with E-state index in [1.54, 1.807) is 6.07 Å². The molecule has 0 unspecified atom stereocenters. The minimum absolute atomic E-state index is 0.0821. The number of fused-ring (bicyclic) bond motifs is 1. The molecule has 0 saturated carbocycles. The lowest BCUT2D eigenvalue weighted by Gasteiger charge is -2.09. The molecule has 0 radical (unpaired) electrons. The third-order valence-corrected chi connectivity index (χ3v) is 3.72. The molecule has 0 fully saturated rings. The number of esters is 1. The van der Waals surface area contributed by atoms with E-state index in [-0.39, 0.29) is 23.7 Å². The summed E-state index contributed by atoms with van der Waals surface area (Å²) in [5, 5.41) is 13.4. The van der Waals surface area contributed by atoms with Gasteiger partial charge in [-0.2, -0.15) is 0 Å². The van der Waals surface area contributed by atoms with Crippen LogP contribution in [-0.4, -0.2) is 30.2 Å². The first-order valence-electron chi connectivity index (χ1n) is 7.56. The first-order chi connectivity index (χ1) is 12.5. The van der Waals surface area contributed by atoms with Crippen molar-refractivity contribution in [3.05, 3.63) is 57.6 Å². The molecule has 9 nitrogen and oxygen atoms in total. The topological polar surface area (TPSA) is 117 Å². The van der Waals surface area contributed by atoms with Gasteiger partial charge in [-0.3, -0.25) is 14.9 Å². The van der Waals surface area contributed by atoms with Gasteiger partial charge >= 0.3 is 5.97 Å². The van der Waals surface area contributed by atoms with Gasteiger partial charge in [0.25, 0.3) is 11.6 Å². The lowest BCUT2D eigenvalue weighted by Crippen LogP contribution is -2.21. The van der Waals surface area contributed by atoms with E-state index in [4.69, 9.17) is 14.2 Å². The number of rotatable bonds is 5. The lowest BCUT2D eigenvalue weighted by molar-refractivity contribution is -0.385. The zero-order valence-electron chi connectivity index (χ0n) is 13.7. The summed E-state index contributed by atoms with van der Waals surface area (Å²) in [5.41, 5.74) is 0.699. The highest BCUT2D eigenvalue weighted by Gasteiger charge is 2.19. The van der Waals surface area contributed by atoms with E-state index < -0.39 is 23.4 Å². The number of carbonyl (C=O) groups excluding carboxylic acids is 2. The van der Waals surface area contributed by atoms with E-state index >= 15 is 0 Å². The molecule has 1 heterocycles. The number of benzene rings is 2. The summed E-state index contributed by atoms with van der Waals surface area (Å²) < 4.78 is 15.3. The van der Waals surface area contributed by atoms with E-state index in [1.807, 2.05) is 0 Å². The Morgan fingerprint density at radius 2 is 2.00 bits per heavy atom. The second kappa shape index (κ2) is 7.09. The molecule has 2 aromatic rings. The molecular weight excluding hydrogens is 344 g/mol. The van der Waals surface area contributed by atoms with Crippen molar-refractivity contribution in [3.63, 3.8) is 0 Å². The van der Waals surface area contributed by atoms with E-state index in [9.17, 15) is 19.7 Å². The van der Waals surface area contributed by atoms with Crippen LogP contribution in [0.5, 0.6) is 11.5 Å². The Balaban J connectivity index is 1.60. The van der Waals surface area contributed by atoms with Crippen molar-refractivity contribution in [2.75, 3.05) is 18.7 Å². The monoisotopic (exact) mass is 358 g/mol. The number of anilines is 1. The van der Waals surface area contributed by atoms with Gasteiger partial charge in [0.15, 0.2) is 18.1 Å². The Labute approximate surface area is 147 Å². The fourth-order valence-electron chi connectivity index (χ4n) is 2.38. The average molecular weight is 358 g/mol. The van der Waals surface area contributed by atoms with E-state index in [1.165, 1.54) is 37.3 Å². The number of ether oxygens (including phenoxy) is 3. The summed E-state index contributed by atoms with van der Waals surface area (Å²) in [6.45, 7) is 1.07. The van der Waals surface area contributed by atoms with Gasteiger partial charge in [-0.1, -0.05) is 6.07 Å². The largest absolute Gasteiger partial charge is 0.454 e. The first kappa shape index (κ1) is 17.2. The molecule has 134 valence electrons. The Hall–Kier alpha value is -3.62. The average Bonchev–Trinajstić information content (AvgIpc) is 3.09. The van der Waals surface area contributed by atoms with Crippen LogP contribution in [0.2, 0.25) is 0 Å². The second-order valence-corrected chi connectivity index (χ2v) is 5.40. The smallest absolute Gasteiger partial charge is 0.338 e. The number of amides is 1. The summed E-state index contributed by atoms with van der Waals surface area (Å²) in [4.78, 5) is 34.4. The zero-order chi connectivity index (χ0) is 18.7. The molecule has 1 amide bonds. The molecule has 3 rings (SSSR count). The SMILES string of the molecule is Cc1c(NC(=O)COC(=O)c2ccc3c(c2)OCO3)cccc1[N+](=O)[O-]. The minimum atomic E-state index is -0.700. The van der Waals surface area contributed by atoms with Crippen LogP contribution in [-0.2, 0) is 9.53 Å².